The SMILES string of the molecule is CC1CN(C2CC(C)(C)CC(C)(N)C2)C(=O)N1. The third kappa shape index (κ3) is 2.73. The molecule has 0 spiro atoms. The Hall–Kier alpha value is -0.770. The van der Waals surface area contributed by atoms with Gasteiger partial charge in [0, 0.05) is 24.2 Å². The van der Waals surface area contributed by atoms with Gasteiger partial charge in [0.25, 0.3) is 0 Å². The van der Waals surface area contributed by atoms with Crippen molar-refractivity contribution in [1.82, 2.24) is 10.2 Å². The summed E-state index contributed by atoms with van der Waals surface area (Å²) in [4.78, 5) is 13.9. The molecule has 3 N–H and O–H groups in total. The number of nitrogens with zero attached hydrogens (tertiary/aromatic N) is 1. The minimum atomic E-state index is -0.154. The summed E-state index contributed by atoms with van der Waals surface area (Å²) in [6, 6.07) is 0.631. The molecule has 1 saturated carbocycles. The molecule has 0 aromatic carbocycles. The van der Waals surface area contributed by atoms with Crippen LogP contribution >= 0.6 is 0 Å². The number of amides is 2. The summed E-state index contributed by atoms with van der Waals surface area (Å²) in [5.41, 5.74) is 6.40. The summed E-state index contributed by atoms with van der Waals surface area (Å²) < 4.78 is 0. The van der Waals surface area contributed by atoms with Gasteiger partial charge >= 0.3 is 6.03 Å². The average molecular weight is 239 g/mol. The maximum Gasteiger partial charge on any atom is 0.317 e. The maximum absolute atomic E-state index is 11.9. The third-order valence-electron chi connectivity index (χ3n) is 3.91. The van der Waals surface area contributed by atoms with E-state index in [0.717, 1.165) is 25.8 Å². The standard InChI is InChI=1S/C13H25N3O/c1-9-7-16(11(17)15-9)10-5-12(2,3)8-13(4,14)6-10/h9-10H,5-8,14H2,1-4H3,(H,15,17). The fourth-order valence-corrected chi connectivity index (χ4v) is 3.74. The lowest BCUT2D eigenvalue weighted by Gasteiger charge is -2.47. The Morgan fingerprint density at radius 2 is 2.00 bits per heavy atom. The first kappa shape index (κ1) is 12.7. The number of hydrogen-bond donors (Lipinski definition) is 2. The van der Waals surface area contributed by atoms with Crippen LogP contribution in [0.25, 0.3) is 0 Å². The molecular formula is C13H25N3O. The number of hydrogen-bond acceptors (Lipinski definition) is 2. The molecule has 4 nitrogen and oxygen atoms in total. The summed E-state index contributed by atoms with van der Waals surface area (Å²) in [7, 11) is 0. The maximum atomic E-state index is 11.9. The highest BCUT2D eigenvalue weighted by atomic mass is 16.2. The van der Waals surface area contributed by atoms with Crippen LogP contribution in [0.1, 0.15) is 47.0 Å². The first-order chi connectivity index (χ1) is 7.69. The second-order valence-corrected chi connectivity index (χ2v) is 7.06. The monoisotopic (exact) mass is 239 g/mol. The molecule has 2 fully saturated rings. The molecule has 17 heavy (non-hydrogen) atoms. The minimum Gasteiger partial charge on any atom is -0.334 e. The molecule has 2 aliphatic rings. The summed E-state index contributed by atoms with van der Waals surface area (Å²) in [6.07, 6.45) is 3.00. The number of urea groups is 1. The lowest BCUT2D eigenvalue weighted by atomic mass is 9.67. The Morgan fingerprint density at radius 3 is 2.47 bits per heavy atom. The van der Waals surface area contributed by atoms with Crippen LogP contribution < -0.4 is 11.1 Å². The predicted octanol–water partition coefficient (Wildman–Crippen LogP) is 1.70. The van der Waals surface area contributed by atoms with Gasteiger partial charge in [-0.1, -0.05) is 13.8 Å². The fraction of sp³-hybridized carbons (Fsp3) is 0.923. The largest absolute Gasteiger partial charge is 0.334 e. The van der Waals surface area contributed by atoms with Crippen LogP contribution in [-0.4, -0.2) is 35.1 Å². The smallest absolute Gasteiger partial charge is 0.317 e. The number of carbonyl (C=O) groups is 1. The van der Waals surface area contributed by atoms with Crippen LogP contribution in [-0.2, 0) is 0 Å². The topological polar surface area (TPSA) is 58.4 Å². The van der Waals surface area contributed by atoms with E-state index in [1.807, 2.05) is 11.8 Å². The minimum absolute atomic E-state index is 0.0796. The summed E-state index contributed by atoms with van der Waals surface area (Å²) in [5, 5.41) is 2.96. The number of rotatable bonds is 1. The van der Waals surface area contributed by atoms with Crippen LogP contribution in [0.3, 0.4) is 0 Å². The van der Waals surface area contributed by atoms with Crippen molar-refractivity contribution < 1.29 is 4.79 Å². The van der Waals surface area contributed by atoms with Crippen LogP contribution in [0.15, 0.2) is 0 Å². The van der Waals surface area contributed by atoms with Gasteiger partial charge in [0.15, 0.2) is 0 Å². The van der Waals surface area contributed by atoms with Crippen molar-refractivity contribution in [2.45, 2.75) is 64.6 Å². The molecule has 1 saturated heterocycles. The van der Waals surface area contributed by atoms with Gasteiger partial charge in [-0.05, 0) is 38.5 Å². The van der Waals surface area contributed by atoms with E-state index in [0.29, 0.717) is 6.04 Å². The van der Waals surface area contributed by atoms with Crippen molar-refractivity contribution in [2.75, 3.05) is 6.54 Å². The molecule has 1 aliphatic heterocycles. The Morgan fingerprint density at radius 1 is 1.35 bits per heavy atom. The summed E-state index contributed by atoms with van der Waals surface area (Å²) >= 11 is 0. The highest BCUT2D eigenvalue weighted by molar-refractivity contribution is 5.77. The molecule has 3 unspecified atom stereocenters. The van der Waals surface area contributed by atoms with Gasteiger partial charge in [0.2, 0.25) is 0 Å². The fourth-order valence-electron chi connectivity index (χ4n) is 3.74. The van der Waals surface area contributed by atoms with Crippen molar-refractivity contribution in [3.8, 4) is 0 Å². The second-order valence-electron chi connectivity index (χ2n) is 7.06. The molecule has 0 bridgehead atoms. The van der Waals surface area contributed by atoms with Gasteiger partial charge in [-0.3, -0.25) is 0 Å². The van der Waals surface area contributed by atoms with Gasteiger partial charge in [-0.2, -0.15) is 0 Å². The Balaban J connectivity index is 2.13. The van der Waals surface area contributed by atoms with Crippen LogP contribution in [0.5, 0.6) is 0 Å². The molecule has 0 aromatic rings. The van der Waals surface area contributed by atoms with Crippen molar-refractivity contribution >= 4 is 6.03 Å². The van der Waals surface area contributed by atoms with E-state index in [1.165, 1.54) is 0 Å². The Kier molecular flexibility index (Phi) is 2.89. The molecule has 2 amide bonds. The first-order valence-corrected chi connectivity index (χ1v) is 6.55. The first-order valence-electron chi connectivity index (χ1n) is 6.55. The molecule has 3 atom stereocenters. The lowest BCUT2D eigenvalue weighted by molar-refractivity contribution is 0.0793. The zero-order valence-corrected chi connectivity index (χ0v) is 11.4. The van der Waals surface area contributed by atoms with E-state index in [2.05, 4.69) is 26.1 Å². The van der Waals surface area contributed by atoms with E-state index in [4.69, 9.17) is 5.73 Å². The molecule has 0 radical (unpaired) electrons. The predicted molar refractivity (Wildman–Crippen MR) is 68.7 cm³/mol. The second kappa shape index (κ2) is 3.87. The molecule has 0 aromatic heterocycles. The molecule has 4 heteroatoms. The van der Waals surface area contributed by atoms with E-state index >= 15 is 0 Å². The molecule has 1 aliphatic carbocycles. The molecule has 98 valence electrons. The van der Waals surface area contributed by atoms with Gasteiger partial charge in [-0.25, -0.2) is 4.79 Å². The van der Waals surface area contributed by atoms with E-state index in [9.17, 15) is 4.79 Å². The quantitative estimate of drug-likeness (QED) is 0.731. The van der Waals surface area contributed by atoms with Crippen LogP contribution in [0.2, 0.25) is 0 Å². The molecule has 1 heterocycles. The zero-order valence-electron chi connectivity index (χ0n) is 11.4. The van der Waals surface area contributed by atoms with E-state index < -0.39 is 0 Å². The number of nitrogens with two attached hydrogens (primary N) is 1. The normalized spacial score (nSPS) is 41.5. The highest BCUT2D eigenvalue weighted by Crippen LogP contribution is 2.41. The van der Waals surface area contributed by atoms with Crippen molar-refractivity contribution in [2.24, 2.45) is 11.1 Å². The van der Waals surface area contributed by atoms with E-state index in [1.54, 1.807) is 0 Å². The van der Waals surface area contributed by atoms with Gasteiger partial charge in [0.05, 0.1) is 0 Å². The average Bonchev–Trinajstić information content (AvgIpc) is 2.39. The Labute approximate surface area is 104 Å². The molecule has 2 rings (SSSR count). The van der Waals surface area contributed by atoms with Crippen molar-refractivity contribution in [3.63, 3.8) is 0 Å². The number of carbonyl (C=O) groups excluding carboxylic acids is 1. The van der Waals surface area contributed by atoms with Crippen molar-refractivity contribution in [1.29, 1.82) is 0 Å². The van der Waals surface area contributed by atoms with Gasteiger partial charge in [0.1, 0.15) is 0 Å². The van der Waals surface area contributed by atoms with E-state index in [-0.39, 0.29) is 23.0 Å². The van der Waals surface area contributed by atoms with Gasteiger partial charge < -0.3 is 16.0 Å². The highest BCUT2D eigenvalue weighted by Gasteiger charge is 2.43. The summed E-state index contributed by atoms with van der Waals surface area (Å²) in [5.74, 6) is 0. The van der Waals surface area contributed by atoms with Crippen LogP contribution in [0.4, 0.5) is 4.79 Å². The molecular weight excluding hydrogens is 214 g/mol. The summed E-state index contributed by atoms with van der Waals surface area (Å²) in [6.45, 7) is 9.48. The van der Waals surface area contributed by atoms with Gasteiger partial charge in [-0.15, -0.1) is 0 Å². The lowest BCUT2D eigenvalue weighted by Crippen LogP contribution is -2.54. The van der Waals surface area contributed by atoms with Crippen LogP contribution in [0, 0.1) is 5.41 Å². The van der Waals surface area contributed by atoms with Crippen molar-refractivity contribution in [3.05, 3.63) is 0 Å². The Bertz CT molecular complexity index is 309. The third-order valence-corrected chi connectivity index (χ3v) is 3.91. The zero-order chi connectivity index (χ0) is 12.8. The number of nitrogens with one attached hydrogen (secondary N) is 1.